The normalized spacial score (nSPS) is 16.1. The molecule has 3 aromatic rings. The Bertz CT molecular complexity index is 1180. The fourth-order valence-corrected chi connectivity index (χ4v) is 4.69. The van der Waals surface area contributed by atoms with Crippen LogP contribution in [-0.2, 0) is 11.3 Å². The van der Waals surface area contributed by atoms with E-state index >= 15 is 0 Å². The van der Waals surface area contributed by atoms with Crippen LogP contribution in [0.1, 0.15) is 6.92 Å². The van der Waals surface area contributed by atoms with Crippen LogP contribution in [0.5, 0.6) is 11.5 Å². The van der Waals surface area contributed by atoms with Gasteiger partial charge in [-0.25, -0.2) is 4.98 Å². The number of hydrogen-bond donors (Lipinski definition) is 1. The number of thiazole rings is 1. The Kier molecular flexibility index (Phi) is 5.20. The lowest BCUT2D eigenvalue weighted by atomic mass is 10.3. The van der Waals surface area contributed by atoms with E-state index in [2.05, 4.69) is 32.0 Å². The lowest BCUT2D eigenvalue weighted by Crippen LogP contribution is -2.46. The first-order chi connectivity index (χ1) is 15.1. The molecule has 1 N–H and O–H groups in total. The van der Waals surface area contributed by atoms with Gasteiger partial charge in [-0.1, -0.05) is 18.3 Å². The summed E-state index contributed by atoms with van der Waals surface area (Å²) in [6.45, 7) is 6.92. The molecule has 2 aliphatic heterocycles. The van der Waals surface area contributed by atoms with Crippen molar-refractivity contribution in [2.24, 2.45) is 0 Å². The standard InChI is InChI=1S/C20H22N6O4S/c1-2-24-5-7-25(8-6-24)20-23-18-17(31-20)19(28)26(11-21-18)10-16(27)22-13-3-4-14-15(9-13)30-12-29-14/h3-4,9,11H,2,5-8,10,12H2,1H3,(H,22,27). The monoisotopic (exact) mass is 442 g/mol. The molecule has 10 nitrogen and oxygen atoms in total. The van der Waals surface area contributed by atoms with E-state index in [4.69, 9.17) is 9.47 Å². The number of carbonyl (C=O) groups is 1. The third kappa shape index (κ3) is 3.93. The number of likely N-dealkylation sites (N-methyl/N-ethyl adjacent to an activating group) is 1. The molecule has 5 rings (SSSR count). The summed E-state index contributed by atoms with van der Waals surface area (Å²) in [5.74, 6) is 0.888. The van der Waals surface area contributed by atoms with Gasteiger partial charge < -0.3 is 24.6 Å². The van der Waals surface area contributed by atoms with Crippen molar-refractivity contribution < 1.29 is 14.3 Å². The van der Waals surface area contributed by atoms with Gasteiger partial charge in [0.2, 0.25) is 12.7 Å². The predicted octanol–water partition coefficient (Wildman–Crippen LogP) is 1.36. The van der Waals surface area contributed by atoms with Crippen LogP contribution in [0.3, 0.4) is 0 Å². The Labute approximate surface area is 182 Å². The maximum atomic E-state index is 12.9. The number of benzene rings is 1. The Balaban J connectivity index is 1.30. The van der Waals surface area contributed by atoms with Gasteiger partial charge in [0.15, 0.2) is 22.3 Å². The number of nitrogens with zero attached hydrogens (tertiary/aromatic N) is 5. The second kappa shape index (κ2) is 8.16. The number of ether oxygens (including phenoxy) is 2. The SMILES string of the molecule is CCN1CCN(c2nc3ncn(CC(=O)Nc4ccc5c(c4)OCO5)c(=O)c3s2)CC1. The van der Waals surface area contributed by atoms with Crippen molar-refractivity contribution in [2.45, 2.75) is 13.5 Å². The number of nitrogens with one attached hydrogen (secondary N) is 1. The molecule has 31 heavy (non-hydrogen) atoms. The van der Waals surface area contributed by atoms with E-state index < -0.39 is 0 Å². The Morgan fingerprint density at radius 1 is 1.19 bits per heavy atom. The van der Waals surface area contributed by atoms with Crippen LogP contribution >= 0.6 is 11.3 Å². The summed E-state index contributed by atoms with van der Waals surface area (Å²) in [5, 5.41) is 3.58. The lowest BCUT2D eigenvalue weighted by Gasteiger charge is -2.33. The summed E-state index contributed by atoms with van der Waals surface area (Å²) in [5.41, 5.74) is 0.736. The van der Waals surface area contributed by atoms with Crippen molar-refractivity contribution in [3.63, 3.8) is 0 Å². The van der Waals surface area contributed by atoms with Gasteiger partial charge in [-0.05, 0) is 18.7 Å². The molecular formula is C20H22N6O4S. The van der Waals surface area contributed by atoms with Crippen molar-refractivity contribution in [2.75, 3.05) is 49.7 Å². The second-order valence-electron chi connectivity index (χ2n) is 7.36. The van der Waals surface area contributed by atoms with Gasteiger partial charge in [0, 0.05) is 37.9 Å². The predicted molar refractivity (Wildman–Crippen MR) is 117 cm³/mol. The van der Waals surface area contributed by atoms with Crippen LogP contribution < -0.4 is 25.2 Å². The van der Waals surface area contributed by atoms with E-state index in [0.29, 0.717) is 27.5 Å². The zero-order chi connectivity index (χ0) is 21.4. The van der Waals surface area contributed by atoms with E-state index in [1.807, 2.05) is 0 Å². The molecule has 0 aliphatic carbocycles. The van der Waals surface area contributed by atoms with E-state index in [0.717, 1.165) is 37.9 Å². The van der Waals surface area contributed by atoms with Crippen LogP contribution in [0, 0.1) is 0 Å². The molecule has 0 spiro atoms. The quantitative estimate of drug-likeness (QED) is 0.632. The van der Waals surface area contributed by atoms with E-state index in [-0.39, 0.29) is 24.8 Å². The van der Waals surface area contributed by atoms with Crippen LogP contribution in [0.2, 0.25) is 0 Å². The Hall–Kier alpha value is -3.18. The molecule has 0 unspecified atom stereocenters. The molecule has 4 heterocycles. The minimum absolute atomic E-state index is 0.140. The van der Waals surface area contributed by atoms with Gasteiger partial charge in [0.25, 0.3) is 5.56 Å². The summed E-state index contributed by atoms with van der Waals surface area (Å²) >= 11 is 1.34. The molecule has 0 saturated carbocycles. The van der Waals surface area contributed by atoms with Crippen molar-refractivity contribution in [1.29, 1.82) is 0 Å². The lowest BCUT2D eigenvalue weighted by molar-refractivity contribution is -0.116. The molecule has 11 heteroatoms. The van der Waals surface area contributed by atoms with Gasteiger partial charge in [0.05, 0.1) is 0 Å². The zero-order valence-corrected chi connectivity index (χ0v) is 17.9. The van der Waals surface area contributed by atoms with E-state index in [1.165, 1.54) is 22.2 Å². The molecule has 1 amide bonds. The first kappa shape index (κ1) is 19.8. The molecular weight excluding hydrogens is 420 g/mol. The fourth-order valence-electron chi connectivity index (χ4n) is 3.67. The number of hydrogen-bond acceptors (Lipinski definition) is 9. The van der Waals surface area contributed by atoms with Crippen molar-refractivity contribution >= 4 is 38.4 Å². The summed E-state index contributed by atoms with van der Waals surface area (Å²) in [7, 11) is 0. The minimum Gasteiger partial charge on any atom is -0.454 e. The fraction of sp³-hybridized carbons (Fsp3) is 0.400. The van der Waals surface area contributed by atoms with Crippen LogP contribution in [-0.4, -0.2) is 64.9 Å². The number of amides is 1. The second-order valence-corrected chi connectivity index (χ2v) is 8.34. The average molecular weight is 443 g/mol. The third-order valence-corrected chi connectivity index (χ3v) is 6.53. The smallest absolute Gasteiger partial charge is 0.273 e. The molecule has 2 aliphatic rings. The number of carbonyl (C=O) groups excluding carboxylic acids is 1. The summed E-state index contributed by atoms with van der Waals surface area (Å²) in [6.07, 6.45) is 1.38. The highest BCUT2D eigenvalue weighted by Gasteiger charge is 2.21. The Morgan fingerprint density at radius 2 is 2.00 bits per heavy atom. The topological polar surface area (TPSA) is 102 Å². The maximum Gasteiger partial charge on any atom is 0.273 e. The molecule has 0 radical (unpaired) electrons. The van der Waals surface area contributed by atoms with Crippen molar-refractivity contribution in [1.82, 2.24) is 19.4 Å². The molecule has 2 aromatic heterocycles. The van der Waals surface area contributed by atoms with E-state index in [9.17, 15) is 9.59 Å². The van der Waals surface area contributed by atoms with Gasteiger partial charge in [0.1, 0.15) is 17.6 Å². The number of aromatic nitrogens is 3. The van der Waals surface area contributed by atoms with Gasteiger partial charge in [-0.15, -0.1) is 0 Å². The largest absolute Gasteiger partial charge is 0.454 e. The summed E-state index contributed by atoms with van der Waals surface area (Å²) < 4.78 is 12.4. The van der Waals surface area contributed by atoms with E-state index in [1.54, 1.807) is 18.2 Å². The molecule has 1 saturated heterocycles. The highest BCUT2D eigenvalue weighted by Crippen LogP contribution is 2.34. The van der Waals surface area contributed by atoms with Gasteiger partial charge >= 0.3 is 0 Å². The minimum atomic E-state index is -0.331. The van der Waals surface area contributed by atoms with Crippen molar-refractivity contribution in [3.8, 4) is 11.5 Å². The molecule has 162 valence electrons. The van der Waals surface area contributed by atoms with Crippen LogP contribution in [0.25, 0.3) is 10.3 Å². The first-order valence-electron chi connectivity index (χ1n) is 10.1. The van der Waals surface area contributed by atoms with Crippen LogP contribution in [0.15, 0.2) is 29.3 Å². The van der Waals surface area contributed by atoms with Crippen molar-refractivity contribution in [3.05, 3.63) is 34.9 Å². The average Bonchev–Trinajstić information content (AvgIpc) is 3.43. The zero-order valence-electron chi connectivity index (χ0n) is 17.0. The highest BCUT2D eigenvalue weighted by atomic mass is 32.1. The van der Waals surface area contributed by atoms with Gasteiger partial charge in [-0.3, -0.25) is 14.2 Å². The Morgan fingerprint density at radius 3 is 2.81 bits per heavy atom. The third-order valence-electron chi connectivity index (χ3n) is 5.43. The number of anilines is 2. The molecule has 0 atom stereocenters. The number of rotatable bonds is 5. The highest BCUT2D eigenvalue weighted by molar-refractivity contribution is 7.22. The number of piperazine rings is 1. The number of fused-ring (bicyclic) bond motifs is 2. The van der Waals surface area contributed by atoms with Crippen LogP contribution in [0.4, 0.5) is 10.8 Å². The van der Waals surface area contributed by atoms with Gasteiger partial charge in [-0.2, -0.15) is 4.98 Å². The summed E-state index contributed by atoms with van der Waals surface area (Å²) in [6, 6.07) is 5.15. The molecule has 0 bridgehead atoms. The maximum absolute atomic E-state index is 12.9. The molecule has 1 aromatic carbocycles. The summed E-state index contributed by atoms with van der Waals surface area (Å²) in [4.78, 5) is 38.8. The molecule has 1 fully saturated rings. The first-order valence-corrected chi connectivity index (χ1v) is 10.9.